The first-order chi connectivity index (χ1) is 6.66. The van der Waals surface area contributed by atoms with Crippen LogP contribution in [0.15, 0.2) is 18.2 Å². The average Bonchev–Trinajstić information content (AvgIpc) is 2.14. The highest BCUT2D eigenvalue weighted by Crippen LogP contribution is 2.30. The van der Waals surface area contributed by atoms with Crippen LogP contribution in [0.5, 0.6) is 0 Å². The zero-order valence-corrected chi connectivity index (χ0v) is 10.4. The summed E-state index contributed by atoms with van der Waals surface area (Å²) < 4.78 is 0. The number of hydrogen-bond acceptors (Lipinski definition) is 2. The summed E-state index contributed by atoms with van der Waals surface area (Å²) in [5.41, 5.74) is 6.67. The standard InChI is InChI=1S/C10H13Cl2NO.ClH/c11-7-3-1-4-8(12)10(7)9(13)5-2-6-14;/h1,3-4,9,14H,2,5-6,13H2;1H/t9-;/m1./s1. The molecular formula is C10H14Cl3NO. The smallest absolute Gasteiger partial charge is 0.0468 e. The quantitative estimate of drug-likeness (QED) is 0.883. The first-order valence-corrected chi connectivity index (χ1v) is 5.22. The van der Waals surface area contributed by atoms with Gasteiger partial charge in [0, 0.05) is 28.3 Å². The van der Waals surface area contributed by atoms with Crippen molar-refractivity contribution in [2.45, 2.75) is 18.9 Å². The van der Waals surface area contributed by atoms with Crippen LogP contribution in [-0.4, -0.2) is 11.7 Å². The lowest BCUT2D eigenvalue weighted by Gasteiger charge is -2.14. The summed E-state index contributed by atoms with van der Waals surface area (Å²) in [6, 6.07) is 5.11. The highest BCUT2D eigenvalue weighted by atomic mass is 35.5. The van der Waals surface area contributed by atoms with E-state index in [4.69, 9.17) is 34.0 Å². The van der Waals surface area contributed by atoms with E-state index in [-0.39, 0.29) is 25.1 Å². The van der Waals surface area contributed by atoms with E-state index < -0.39 is 0 Å². The Morgan fingerprint density at radius 2 is 1.80 bits per heavy atom. The SMILES string of the molecule is Cl.N[C@H](CCCO)c1c(Cl)cccc1Cl. The van der Waals surface area contributed by atoms with Crippen LogP contribution in [0.2, 0.25) is 10.0 Å². The molecule has 1 aromatic carbocycles. The molecule has 0 aromatic heterocycles. The van der Waals surface area contributed by atoms with Gasteiger partial charge < -0.3 is 10.8 Å². The van der Waals surface area contributed by atoms with Crippen LogP contribution in [0.4, 0.5) is 0 Å². The Labute approximate surface area is 106 Å². The van der Waals surface area contributed by atoms with Crippen molar-refractivity contribution in [3.63, 3.8) is 0 Å². The van der Waals surface area contributed by atoms with Gasteiger partial charge in [-0.1, -0.05) is 29.3 Å². The largest absolute Gasteiger partial charge is 0.396 e. The maximum atomic E-state index is 8.68. The Bertz CT molecular complexity index is 286. The van der Waals surface area contributed by atoms with E-state index in [1.165, 1.54) is 0 Å². The highest BCUT2D eigenvalue weighted by molar-refractivity contribution is 6.36. The minimum atomic E-state index is -0.205. The Hall–Kier alpha value is 0.01000. The fraction of sp³-hybridized carbons (Fsp3) is 0.400. The molecule has 3 N–H and O–H groups in total. The average molecular weight is 271 g/mol. The van der Waals surface area contributed by atoms with Crippen LogP contribution in [0.25, 0.3) is 0 Å². The van der Waals surface area contributed by atoms with Crippen LogP contribution in [0.3, 0.4) is 0 Å². The zero-order chi connectivity index (χ0) is 10.6. The van der Waals surface area contributed by atoms with Gasteiger partial charge in [-0.2, -0.15) is 0 Å². The van der Waals surface area contributed by atoms with Crippen molar-refractivity contribution in [1.29, 1.82) is 0 Å². The van der Waals surface area contributed by atoms with Crippen molar-refractivity contribution in [2.24, 2.45) is 5.73 Å². The summed E-state index contributed by atoms with van der Waals surface area (Å²) in [6.45, 7) is 0.135. The van der Waals surface area contributed by atoms with Crippen molar-refractivity contribution < 1.29 is 5.11 Å². The molecule has 0 aliphatic rings. The van der Waals surface area contributed by atoms with Gasteiger partial charge in [0.05, 0.1) is 0 Å². The number of rotatable bonds is 4. The lowest BCUT2D eigenvalue weighted by Crippen LogP contribution is -2.12. The summed E-state index contributed by atoms with van der Waals surface area (Å²) in [5.74, 6) is 0. The minimum absolute atomic E-state index is 0. The van der Waals surface area contributed by atoms with Crippen molar-refractivity contribution in [2.75, 3.05) is 6.61 Å². The summed E-state index contributed by atoms with van der Waals surface area (Å²) in [7, 11) is 0. The normalized spacial score (nSPS) is 12.0. The molecule has 0 amide bonds. The lowest BCUT2D eigenvalue weighted by molar-refractivity contribution is 0.280. The molecule has 0 fully saturated rings. The number of halogens is 3. The molecule has 0 heterocycles. The van der Waals surface area contributed by atoms with E-state index in [0.29, 0.717) is 22.9 Å². The van der Waals surface area contributed by atoms with Gasteiger partial charge in [0.1, 0.15) is 0 Å². The molecule has 1 rings (SSSR count). The molecular weight excluding hydrogens is 256 g/mol. The first kappa shape index (κ1) is 15.0. The van der Waals surface area contributed by atoms with Gasteiger partial charge in [0.15, 0.2) is 0 Å². The monoisotopic (exact) mass is 269 g/mol. The molecule has 15 heavy (non-hydrogen) atoms. The fourth-order valence-corrected chi connectivity index (χ4v) is 2.00. The number of aliphatic hydroxyl groups is 1. The maximum Gasteiger partial charge on any atom is 0.0468 e. The van der Waals surface area contributed by atoms with E-state index in [1.54, 1.807) is 18.2 Å². The molecule has 0 spiro atoms. The molecule has 0 radical (unpaired) electrons. The van der Waals surface area contributed by atoms with E-state index in [0.717, 1.165) is 5.56 Å². The Balaban J connectivity index is 0.00000196. The highest BCUT2D eigenvalue weighted by Gasteiger charge is 2.13. The molecule has 86 valence electrons. The van der Waals surface area contributed by atoms with Gasteiger partial charge >= 0.3 is 0 Å². The Morgan fingerprint density at radius 3 is 2.27 bits per heavy atom. The molecule has 5 heteroatoms. The van der Waals surface area contributed by atoms with Crippen LogP contribution in [0.1, 0.15) is 24.4 Å². The zero-order valence-electron chi connectivity index (χ0n) is 8.12. The fourth-order valence-electron chi connectivity index (χ4n) is 1.32. The number of aliphatic hydroxyl groups excluding tert-OH is 1. The molecule has 0 unspecified atom stereocenters. The van der Waals surface area contributed by atoms with E-state index in [1.807, 2.05) is 0 Å². The Morgan fingerprint density at radius 1 is 1.27 bits per heavy atom. The second-order valence-corrected chi connectivity index (χ2v) is 3.92. The summed E-state index contributed by atoms with van der Waals surface area (Å²) in [4.78, 5) is 0. The van der Waals surface area contributed by atoms with Gasteiger partial charge in [-0.05, 0) is 25.0 Å². The van der Waals surface area contributed by atoms with E-state index in [9.17, 15) is 0 Å². The van der Waals surface area contributed by atoms with Crippen molar-refractivity contribution in [3.05, 3.63) is 33.8 Å². The summed E-state index contributed by atoms with van der Waals surface area (Å²) in [6.07, 6.45) is 1.34. The lowest BCUT2D eigenvalue weighted by atomic mass is 10.0. The maximum absolute atomic E-state index is 8.68. The molecule has 0 bridgehead atoms. The van der Waals surface area contributed by atoms with Gasteiger partial charge in [-0.25, -0.2) is 0 Å². The van der Waals surface area contributed by atoms with Crippen molar-refractivity contribution in [1.82, 2.24) is 0 Å². The second kappa shape index (κ2) is 7.31. The summed E-state index contributed by atoms with van der Waals surface area (Å²) in [5, 5.41) is 9.85. The Kier molecular flexibility index (Phi) is 7.32. The van der Waals surface area contributed by atoms with Gasteiger partial charge in [0.25, 0.3) is 0 Å². The van der Waals surface area contributed by atoms with Gasteiger partial charge in [-0.15, -0.1) is 12.4 Å². The van der Waals surface area contributed by atoms with E-state index >= 15 is 0 Å². The molecule has 0 aliphatic carbocycles. The van der Waals surface area contributed by atoms with Crippen molar-refractivity contribution in [3.8, 4) is 0 Å². The molecule has 1 atom stereocenters. The number of hydrogen-bond donors (Lipinski definition) is 2. The third-order valence-corrected chi connectivity index (χ3v) is 2.70. The van der Waals surface area contributed by atoms with Gasteiger partial charge in [0.2, 0.25) is 0 Å². The van der Waals surface area contributed by atoms with Crippen LogP contribution in [-0.2, 0) is 0 Å². The van der Waals surface area contributed by atoms with Crippen LogP contribution < -0.4 is 5.73 Å². The van der Waals surface area contributed by atoms with E-state index in [2.05, 4.69) is 0 Å². The first-order valence-electron chi connectivity index (χ1n) is 4.47. The molecule has 2 nitrogen and oxygen atoms in total. The van der Waals surface area contributed by atoms with Crippen LogP contribution >= 0.6 is 35.6 Å². The molecule has 1 aromatic rings. The topological polar surface area (TPSA) is 46.2 Å². The van der Waals surface area contributed by atoms with Crippen molar-refractivity contribution >= 4 is 35.6 Å². The molecule has 0 aliphatic heterocycles. The molecule has 0 saturated carbocycles. The minimum Gasteiger partial charge on any atom is -0.396 e. The number of benzene rings is 1. The predicted molar refractivity (Wildman–Crippen MR) is 67.0 cm³/mol. The third kappa shape index (κ3) is 4.17. The summed E-state index contributed by atoms with van der Waals surface area (Å²) >= 11 is 12.0. The van der Waals surface area contributed by atoms with Crippen LogP contribution in [0, 0.1) is 0 Å². The van der Waals surface area contributed by atoms with Gasteiger partial charge in [-0.3, -0.25) is 0 Å². The second-order valence-electron chi connectivity index (χ2n) is 3.11. The predicted octanol–water partition coefficient (Wildman–Crippen LogP) is 3.19. The molecule has 0 saturated heterocycles. The third-order valence-electron chi connectivity index (χ3n) is 2.04. The number of nitrogens with two attached hydrogens (primary N) is 1.